The first kappa shape index (κ1) is 14.4. The van der Waals surface area contributed by atoms with Gasteiger partial charge in [0.15, 0.2) is 0 Å². The van der Waals surface area contributed by atoms with Gasteiger partial charge in [-0.05, 0) is 29.8 Å². The molecule has 0 unspecified atom stereocenters. The van der Waals surface area contributed by atoms with Gasteiger partial charge in [-0.3, -0.25) is 4.72 Å². The standard InChI is InChI=1S/C13H11BrClNO2S/c14-9-10-4-1-2-7-13(10)16-19(17,18)12-6-3-5-11(15)8-12/h1-8,16H,9H2. The molecule has 0 saturated carbocycles. The molecule has 0 aliphatic heterocycles. The average molecular weight is 361 g/mol. The molecule has 0 aliphatic carbocycles. The molecule has 2 aromatic rings. The number of rotatable bonds is 4. The molecule has 3 nitrogen and oxygen atoms in total. The van der Waals surface area contributed by atoms with E-state index in [0.29, 0.717) is 16.0 Å². The molecule has 0 amide bonds. The van der Waals surface area contributed by atoms with Crippen LogP contribution in [0.25, 0.3) is 0 Å². The summed E-state index contributed by atoms with van der Waals surface area (Å²) < 4.78 is 27.0. The van der Waals surface area contributed by atoms with E-state index in [1.54, 1.807) is 24.3 Å². The number of benzene rings is 2. The largest absolute Gasteiger partial charge is 0.279 e. The van der Waals surface area contributed by atoms with Crippen LogP contribution in [0.3, 0.4) is 0 Å². The lowest BCUT2D eigenvalue weighted by Crippen LogP contribution is -2.13. The molecule has 0 radical (unpaired) electrons. The lowest BCUT2D eigenvalue weighted by molar-refractivity contribution is 0.601. The Morgan fingerprint density at radius 2 is 1.84 bits per heavy atom. The zero-order valence-corrected chi connectivity index (χ0v) is 13.0. The van der Waals surface area contributed by atoms with E-state index in [4.69, 9.17) is 11.6 Å². The van der Waals surface area contributed by atoms with Crippen LogP contribution in [0.2, 0.25) is 5.02 Å². The van der Waals surface area contributed by atoms with Crippen LogP contribution in [0.1, 0.15) is 5.56 Å². The van der Waals surface area contributed by atoms with Gasteiger partial charge in [0.1, 0.15) is 0 Å². The lowest BCUT2D eigenvalue weighted by atomic mass is 10.2. The predicted octanol–water partition coefficient (Wildman–Crippen LogP) is 4.04. The van der Waals surface area contributed by atoms with Crippen LogP contribution < -0.4 is 4.72 Å². The van der Waals surface area contributed by atoms with E-state index in [-0.39, 0.29) is 4.90 Å². The summed E-state index contributed by atoms with van der Waals surface area (Å²) >= 11 is 9.14. The maximum absolute atomic E-state index is 12.2. The van der Waals surface area contributed by atoms with Crippen LogP contribution in [0.5, 0.6) is 0 Å². The van der Waals surface area contributed by atoms with E-state index in [9.17, 15) is 8.42 Å². The van der Waals surface area contributed by atoms with Crippen molar-refractivity contribution >= 4 is 43.2 Å². The molecule has 19 heavy (non-hydrogen) atoms. The van der Waals surface area contributed by atoms with Gasteiger partial charge in [0, 0.05) is 10.4 Å². The van der Waals surface area contributed by atoms with Crippen LogP contribution in [-0.4, -0.2) is 8.42 Å². The van der Waals surface area contributed by atoms with Crippen LogP contribution in [0.15, 0.2) is 53.4 Å². The topological polar surface area (TPSA) is 46.2 Å². The van der Waals surface area contributed by atoms with Gasteiger partial charge in [-0.25, -0.2) is 8.42 Å². The molecular formula is C13H11BrClNO2S. The Morgan fingerprint density at radius 1 is 1.11 bits per heavy atom. The van der Waals surface area contributed by atoms with Crippen LogP contribution in [0.4, 0.5) is 5.69 Å². The fraction of sp³-hybridized carbons (Fsp3) is 0.0769. The third kappa shape index (κ3) is 3.49. The van der Waals surface area contributed by atoms with Gasteiger partial charge in [0.25, 0.3) is 10.0 Å². The molecular weight excluding hydrogens is 350 g/mol. The first-order valence-electron chi connectivity index (χ1n) is 5.45. The molecule has 0 aliphatic rings. The van der Waals surface area contributed by atoms with E-state index < -0.39 is 10.0 Å². The fourth-order valence-electron chi connectivity index (χ4n) is 1.57. The number of halogens is 2. The molecule has 0 saturated heterocycles. The van der Waals surface area contributed by atoms with Crippen LogP contribution in [-0.2, 0) is 15.4 Å². The van der Waals surface area contributed by atoms with Gasteiger partial charge in [-0.2, -0.15) is 0 Å². The van der Waals surface area contributed by atoms with Crippen molar-refractivity contribution in [2.24, 2.45) is 0 Å². The van der Waals surface area contributed by atoms with Crippen molar-refractivity contribution < 1.29 is 8.42 Å². The molecule has 0 fully saturated rings. The van der Waals surface area contributed by atoms with E-state index in [1.807, 2.05) is 12.1 Å². The van der Waals surface area contributed by atoms with Gasteiger partial charge in [0.05, 0.1) is 10.6 Å². The average Bonchev–Trinajstić information content (AvgIpc) is 2.39. The molecule has 0 bridgehead atoms. The summed E-state index contributed by atoms with van der Waals surface area (Å²) in [5.74, 6) is 0. The highest BCUT2D eigenvalue weighted by Gasteiger charge is 2.15. The second-order valence-corrected chi connectivity index (χ2v) is 6.53. The van der Waals surface area contributed by atoms with Crippen molar-refractivity contribution in [1.29, 1.82) is 0 Å². The highest BCUT2D eigenvalue weighted by molar-refractivity contribution is 9.08. The Morgan fingerprint density at radius 3 is 2.53 bits per heavy atom. The minimum absolute atomic E-state index is 0.143. The van der Waals surface area contributed by atoms with E-state index in [2.05, 4.69) is 20.7 Å². The summed E-state index contributed by atoms with van der Waals surface area (Å²) in [6.07, 6.45) is 0. The Balaban J connectivity index is 2.37. The number of sulfonamides is 1. The van der Waals surface area contributed by atoms with E-state index in [1.165, 1.54) is 12.1 Å². The number of hydrogen-bond acceptors (Lipinski definition) is 2. The monoisotopic (exact) mass is 359 g/mol. The maximum Gasteiger partial charge on any atom is 0.261 e. The Hall–Kier alpha value is -1.04. The zero-order valence-electron chi connectivity index (χ0n) is 9.81. The highest BCUT2D eigenvalue weighted by atomic mass is 79.9. The van der Waals surface area contributed by atoms with Gasteiger partial charge < -0.3 is 0 Å². The van der Waals surface area contributed by atoms with Crippen molar-refractivity contribution in [1.82, 2.24) is 0 Å². The van der Waals surface area contributed by atoms with E-state index in [0.717, 1.165) is 5.56 Å². The molecule has 100 valence electrons. The lowest BCUT2D eigenvalue weighted by Gasteiger charge is -2.11. The van der Waals surface area contributed by atoms with Crippen LogP contribution in [0, 0.1) is 0 Å². The Labute approximate surface area is 125 Å². The molecule has 6 heteroatoms. The minimum atomic E-state index is -3.62. The Kier molecular flexibility index (Phi) is 4.50. The molecule has 0 heterocycles. The summed E-state index contributed by atoms with van der Waals surface area (Å²) in [5, 5.41) is 0.956. The second kappa shape index (κ2) is 5.94. The van der Waals surface area contributed by atoms with Gasteiger partial charge >= 0.3 is 0 Å². The summed E-state index contributed by atoms with van der Waals surface area (Å²) in [4.78, 5) is 0.143. The summed E-state index contributed by atoms with van der Waals surface area (Å²) in [5.41, 5.74) is 1.42. The zero-order chi connectivity index (χ0) is 13.9. The van der Waals surface area contributed by atoms with Gasteiger partial charge in [0.2, 0.25) is 0 Å². The van der Waals surface area contributed by atoms with Gasteiger partial charge in [-0.15, -0.1) is 0 Å². The third-order valence-electron chi connectivity index (χ3n) is 2.51. The Bertz CT molecular complexity index is 689. The first-order chi connectivity index (χ1) is 9.03. The molecule has 0 atom stereocenters. The normalized spacial score (nSPS) is 11.3. The second-order valence-electron chi connectivity index (χ2n) is 3.85. The van der Waals surface area contributed by atoms with Crippen LogP contribution >= 0.6 is 27.5 Å². The molecule has 1 N–H and O–H groups in total. The SMILES string of the molecule is O=S(=O)(Nc1ccccc1CBr)c1cccc(Cl)c1. The van der Waals surface area contributed by atoms with Crippen molar-refractivity contribution in [3.8, 4) is 0 Å². The van der Waals surface area contributed by atoms with Crippen molar-refractivity contribution in [3.63, 3.8) is 0 Å². The minimum Gasteiger partial charge on any atom is -0.279 e. The molecule has 0 aromatic heterocycles. The fourth-order valence-corrected chi connectivity index (χ4v) is 3.46. The molecule has 2 aromatic carbocycles. The van der Waals surface area contributed by atoms with Crippen molar-refractivity contribution in [2.75, 3.05) is 4.72 Å². The first-order valence-corrected chi connectivity index (χ1v) is 8.43. The third-order valence-corrected chi connectivity index (χ3v) is 4.71. The summed E-state index contributed by atoms with van der Waals surface area (Å²) in [7, 11) is -3.62. The highest BCUT2D eigenvalue weighted by Crippen LogP contribution is 2.23. The number of alkyl halides is 1. The summed E-state index contributed by atoms with van der Waals surface area (Å²) in [6.45, 7) is 0. The number of para-hydroxylation sites is 1. The summed E-state index contributed by atoms with van der Waals surface area (Å²) in [6, 6.07) is 13.4. The van der Waals surface area contributed by atoms with Crippen molar-refractivity contribution in [3.05, 3.63) is 59.1 Å². The van der Waals surface area contributed by atoms with Crippen molar-refractivity contribution in [2.45, 2.75) is 10.2 Å². The number of anilines is 1. The number of nitrogens with one attached hydrogen (secondary N) is 1. The van der Waals surface area contributed by atoms with E-state index >= 15 is 0 Å². The predicted molar refractivity (Wildman–Crippen MR) is 81.3 cm³/mol. The maximum atomic E-state index is 12.2. The van der Waals surface area contributed by atoms with Gasteiger partial charge in [-0.1, -0.05) is 51.8 Å². The molecule has 0 spiro atoms. The quantitative estimate of drug-likeness (QED) is 0.837. The smallest absolute Gasteiger partial charge is 0.261 e. The molecule has 2 rings (SSSR count). The number of hydrogen-bond donors (Lipinski definition) is 1.